The van der Waals surface area contributed by atoms with Gasteiger partial charge in [-0.15, -0.1) is 0 Å². The van der Waals surface area contributed by atoms with Crippen molar-refractivity contribution in [3.63, 3.8) is 0 Å². The van der Waals surface area contributed by atoms with E-state index in [4.69, 9.17) is 4.42 Å². The summed E-state index contributed by atoms with van der Waals surface area (Å²) in [6.45, 7) is 0. The molecule has 56 heavy (non-hydrogen) atoms. The third-order valence-electron chi connectivity index (χ3n) is 11.2. The van der Waals surface area contributed by atoms with Crippen LogP contribution in [-0.4, -0.2) is 4.57 Å². The van der Waals surface area contributed by atoms with Gasteiger partial charge < -0.3 is 8.98 Å². The van der Waals surface area contributed by atoms with E-state index < -0.39 is 0 Å². The van der Waals surface area contributed by atoms with Gasteiger partial charge in [0.1, 0.15) is 11.2 Å². The first-order valence-corrected chi connectivity index (χ1v) is 19.2. The van der Waals surface area contributed by atoms with Crippen LogP contribution in [0.25, 0.3) is 105 Å². The molecule has 0 N–H and O–H groups in total. The van der Waals surface area contributed by atoms with Crippen molar-refractivity contribution in [2.75, 3.05) is 0 Å². The Balaban J connectivity index is 0.944. The SMILES string of the molecule is c1ccc(-c2cccc(-c3cccc(-c4cccc(-c5cccc(-c6ccc7c(c6)c6ccccc6n7-c6ccc7oc8ccccc8c7c6)c5)c4)c3)c2)cc1. The summed E-state index contributed by atoms with van der Waals surface area (Å²) < 4.78 is 8.54. The normalized spacial score (nSPS) is 11.6. The van der Waals surface area contributed by atoms with E-state index in [0.29, 0.717) is 0 Å². The van der Waals surface area contributed by atoms with Crippen molar-refractivity contribution in [2.24, 2.45) is 0 Å². The summed E-state index contributed by atoms with van der Waals surface area (Å²) in [6.07, 6.45) is 0. The third kappa shape index (κ3) is 5.51. The van der Waals surface area contributed by atoms with Gasteiger partial charge in [-0.25, -0.2) is 0 Å². The van der Waals surface area contributed by atoms with Crippen LogP contribution in [0.5, 0.6) is 0 Å². The van der Waals surface area contributed by atoms with Crippen LogP contribution in [0, 0.1) is 0 Å². The van der Waals surface area contributed by atoms with Gasteiger partial charge in [0.05, 0.1) is 11.0 Å². The molecule has 2 heteroatoms. The van der Waals surface area contributed by atoms with E-state index in [0.717, 1.165) is 27.6 Å². The molecule has 2 aromatic heterocycles. The third-order valence-corrected chi connectivity index (χ3v) is 11.2. The van der Waals surface area contributed by atoms with E-state index in [2.05, 4.69) is 205 Å². The van der Waals surface area contributed by atoms with Crippen LogP contribution >= 0.6 is 0 Å². The highest BCUT2D eigenvalue weighted by Gasteiger charge is 2.16. The van der Waals surface area contributed by atoms with E-state index in [9.17, 15) is 0 Å². The van der Waals surface area contributed by atoms with E-state index in [1.54, 1.807) is 0 Å². The number of hydrogen-bond acceptors (Lipinski definition) is 1. The summed E-state index contributed by atoms with van der Waals surface area (Å²) in [5, 5.41) is 4.73. The van der Waals surface area contributed by atoms with E-state index in [1.807, 2.05) is 12.1 Å². The zero-order valence-corrected chi connectivity index (χ0v) is 30.6. The first-order chi connectivity index (χ1) is 27.7. The second kappa shape index (κ2) is 13.2. The first-order valence-electron chi connectivity index (χ1n) is 19.2. The number of furan rings is 1. The molecule has 11 rings (SSSR count). The Labute approximate surface area is 325 Å². The number of benzene rings is 9. The number of hydrogen-bond donors (Lipinski definition) is 0. The number of aromatic nitrogens is 1. The van der Waals surface area contributed by atoms with Gasteiger partial charge in [0.2, 0.25) is 0 Å². The fourth-order valence-electron chi connectivity index (χ4n) is 8.43. The van der Waals surface area contributed by atoms with E-state index >= 15 is 0 Å². The molecule has 0 radical (unpaired) electrons. The Morgan fingerprint density at radius 1 is 0.250 bits per heavy atom. The van der Waals surface area contributed by atoms with Crippen molar-refractivity contribution in [3.05, 3.63) is 212 Å². The smallest absolute Gasteiger partial charge is 0.135 e. The van der Waals surface area contributed by atoms with Gasteiger partial charge in [-0.1, -0.05) is 146 Å². The molecule has 0 atom stereocenters. The highest BCUT2D eigenvalue weighted by Crippen LogP contribution is 2.38. The molecule has 0 saturated heterocycles. The maximum atomic E-state index is 6.16. The summed E-state index contributed by atoms with van der Waals surface area (Å²) in [7, 11) is 0. The lowest BCUT2D eigenvalue weighted by molar-refractivity contribution is 0.669. The molecule has 11 aromatic rings. The lowest BCUT2D eigenvalue weighted by Crippen LogP contribution is -1.93. The number of fused-ring (bicyclic) bond motifs is 6. The molecule has 9 aromatic carbocycles. The van der Waals surface area contributed by atoms with Crippen molar-refractivity contribution in [2.45, 2.75) is 0 Å². The Morgan fingerprint density at radius 2 is 0.696 bits per heavy atom. The predicted molar refractivity (Wildman–Crippen MR) is 235 cm³/mol. The highest BCUT2D eigenvalue weighted by atomic mass is 16.3. The summed E-state index contributed by atoms with van der Waals surface area (Å²) in [6, 6.07) is 76.5. The minimum absolute atomic E-state index is 0.904. The molecular formula is C54H35NO. The van der Waals surface area contributed by atoms with Gasteiger partial charge in [-0.2, -0.15) is 0 Å². The molecule has 2 heterocycles. The van der Waals surface area contributed by atoms with Gasteiger partial charge in [-0.05, 0) is 122 Å². The lowest BCUT2D eigenvalue weighted by atomic mass is 9.94. The van der Waals surface area contributed by atoms with Crippen molar-refractivity contribution >= 4 is 43.7 Å². The topological polar surface area (TPSA) is 18.1 Å². The molecule has 0 saturated carbocycles. The first kappa shape index (κ1) is 32.0. The van der Waals surface area contributed by atoms with Crippen LogP contribution in [0.15, 0.2) is 217 Å². The molecule has 0 amide bonds. The molecule has 0 aliphatic carbocycles. The molecule has 0 spiro atoms. The second-order valence-corrected chi connectivity index (χ2v) is 14.6. The second-order valence-electron chi connectivity index (χ2n) is 14.6. The molecule has 0 bridgehead atoms. The molecule has 0 unspecified atom stereocenters. The number of nitrogens with zero attached hydrogens (tertiary/aromatic N) is 1. The van der Waals surface area contributed by atoms with E-state index in [1.165, 1.54) is 77.4 Å². The highest BCUT2D eigenvalue weighted by molar-refractivity contribution is 6.11. The minimum Gasteiger partial charge on any atom is -0.456 e. The minimum atomic E-state index is 0.904. The zero-order valence-electron chi connectivity index (χ0n) is 30.6. The van der Waals surface area contributed by atoms with Crippen LogP contribution in [0.4, 0.5) is 0 Å². The van der Waals surface area contributed by atoms with Crippen LogP contribution in [0.1, 0.15) is 0 Å². The fraction of sp³-hybridized carbons (Fsp3) is 0. The Morgan fingerprint density at radius 3 is 1.30 bits per heavy atom. The largest absolute Gasteiger partial charge is 0.456 e. The van der Waals surface area contributed by atoms with Crippen molar-refractivity contribution < 1.29 is 4.42 Å². The average Bonchev–Trinajstić information content (AvgIpc) is 3.82. The van der Waals surface area contributed by atoms with Gasteiger partial charge in [-0.3, -0.25) is 0 Å². The van der Waals surface area contributed by atoms with Crippen molar-refractivity contribution in [3.8, 4) is 61.3 Å². The summed E-state index contributed by atoms with van der Waals surface area (Å²) in [4.78, 5) is 0. The van der Waals surface area contributed by atoms with Gasteiger partial charge in [0.25, 0.3) is 0 Å². The standard InChI is InChI=1S/C54H35NO/c1-2-12-36(13-3-1)37-14-8-15-38(30-37)39-16-9-17-40(31-39)41-18-10-19-42(32-41)43-20-11-21-44(33-43)45-26-28-52-49(34-45)47-22-4-6-24-51(47)55(52)46-27-29-54-50(35-46)48-23-5-7-25-53(48)56-54/h1-35H. The van der Waals surface area contributed by atoms with Gasteiger partial charge >= 0.3 is 0 Å². The average molecular weight is 714 g/mol. The number of rotatable bonds is 6. The van der Waals surface area contributed by atoms with Crippen LogP contribution < -0.4 is 0 Å². The zero-order chi connectivity index (χ0) is 37.0. The molecule has 0 aliphatic heterocycles. The summed E-state index contributed by atoms with van der Waals surface area (Å²) >= 11 is 0. The fourth-order valence-corrected chi connectivity index (χ4v) is 8.43. The van der Waals surface area contributed by atoms with Gasteiger partial charge in [0.15, 0.2) is 0 Å². The van der Waals surface area contributed by atoms with Gasteiger partial charge in [0, 0.05) is 27.2 Å². The quantitative estimate of drug-likeness (QED) is 0.168. The van der Waals surface area contributed by atoms with Crippen molar-refractivity contribution in [1.82, 2.24) is 4.57 Å². The van der Waals surface area contributed by atoms with Crippen molar-refractivity contribution in [1.29, 1.82) is 0 Å². The monoisotopic (exact) mass is 713 g/mol. The lowest BCUT2D eigenvalue weighted by Gasteiger charge is -2.11. The molecule has 2 nitrogen and oxygen atoms in total. The Bertz CT molecular complexity index is 3250. The summed E-state index contributed by atoms with van der Waals surface area (Å²) in [5.74, 6) is 0. The van der Waals surface area contributed by atoms with Crippen LogP contribution in [0.3, 0.4) is 0 Å². The summed E-state index contributed by atoms with van der Waals surface area (Å²) in [5.41, 5.74) is 17.4. The maximum Gasteiger partial charge on any atom is 0.135 e. The maximum absolute atomic E-state index is 6.16. The van der Waals surface area contributed by atoms with Crippen LogP contribution in [-0.2, 0) is 0 Å². The van der Waals surface area contributed by atoms with E-state index in [-0.39, 0.29) is 0 Å². The molecular weight excluding hydrogens is 679 g/mol. The number of para-hydroxylation sites is 2. The molecule has 262 valence electrons. The van der Waals surface area contributed by atoms with Crippen LogP contribution in [0.2, 0.25) is 0 Å². The Hall–Kier alpha value is -7.42. The molecule has 0 fully saturated rings. The molecule has 0 aliphatic rings. The predicted octanol–water partition coefficient (Wildman–Crippen LogP) is 15.0. The Kier molecular flexibility index (Phi) is 7.53.